The van der Waals surface area contributed by atoms with Crippen LogP contribution in [0, 0.1) is 0 Å². The highest BCUT2D eigenvalue weighted by Crippen LogP contribution is 2.45. The van der Waals surface area contributed by atoms with Gasteiger partial charge >= 0.3 is 5.97 Å². The molecule has 156 valence electrons. The van der Waals surface area contributed by atoms with Crippen LogP contribution in [-0.2, 0) is 26.2 Å². The predicted octanol–water partition coefficient (Wildman–Crippen LogP) is 0.0325. The Morgan fingerprint density at radius 2 is 1.72 bits per heavy atom. The van der Waals surface area contributed by atoms with Crippen LogP contribution in [0.3, 0.4) is 0 Å². The molecular formula is C23H28ClN2O3-. The van der Waals surface area contributed by atoms with Crippen LogP contribution in [0.2, 0.25) is 0 Å². The van der Waals surface area contributed by atoms with Crippen molar-refractivity contribution in [1.82, 2.24) is 4.90 Å². The van der Waals surface area contributed by atoms with Crippen LogP contribution in [0.5, 0.6) is 0 Å². The van der Waals surface area contributed by atoms with Crippen molar-refractivity contribution in [2.24, 2.45) is 0 Å². The first-order valence-corrected chi connectivity index (χ1v) is 9.78. The lowest BCUT2D eigenvalue weighted by atomic mass is 9.76. The minimum atomic E-state index is -1.33. The number of hydrogen-bond acceptors (Lipinski definition) is 4. The molecule has 3 rings (SSSR count). The Hall–Kier alpha value is -2.37. The Labute approximate surface area is 179 Å². The summed E-state index contributed by atoms with van der Waals surface area (Å²) in [7, 11) is 4.02. The van der Waals surface area contributed by atoms with E-state index in [-0.39, 0.29) is 24.9 Å². The van der Waals surface area contributed by atoms with Gasteiger partial charge in [0.2, 0.25) is 5.91 Å². The van der Waals surface area contributed by atoms with Gasteiger partial charge in [0.25, 0.3) is 0 Å². The summed E-state index contributed by atoms with van der Waals surface area (Å²) in [4.78, 5) is 30.7. The summed E-state index contributed by atoms with van der Waals surface area (Å²) < 4.78 is 5.43. The maximum Gasteiger partial charge on any atom is 0.326 e. The van der Waals surface area contributed by atoms with E-state index in [1.807, 2.05) is 68.7 Å². The van der Waals surface area contributed by atoms with Crippen molar-refractivity contribution >= 4 is 17.6 Å². The molecule has 1 aliphatic heterocycles. The second-order valence-electron chi connectivity index (χ2n) is 7.42. The molecule has 0 bridgehead atoms. The molecule has 0 aliphatic carbocycles. The van der Waals surface area contributed by atoms with E-state index in [1.165, 1.54) is 0 Å². The summed E-state index contributed by atoms with van der Waals surface area (Å²) in [5.41, 5.74) is 1.17. The molecule has 1 amide bonds. The number of anilines is 1. The van der Waals surface area contributed by atoms with E-state index in [4.69, 9.17) is 4.74 Å². The molecule has 0 fully saturated rings. The van der Waals surface area contributed by atoms with Gasteiger partial charge in [-0.25, -0.2) is 0 Å². The molecule has 5 nitrogen and oxygen atoms in total. The van der Waals surface area contributed by atoms with Crippen molar-refractivity contribution in [1.29, 1.82) is 0 Å². The Morgan fingerprint density at radius 3 is 2.38 bits per heavy atom. The molecule has 29 heavy (non-hydrogen) atoms. The third kappa shape index (κ3) is 4.46. The van der Waals surface area contributed by atoms with Crippen LogP contribution >= 0.6 is 0 Å². The van der Waals surface area contributed by atoms with E-state index in [9.17, 15) is 9.59 Å². The average Bonchev–Trinajstić information content (AvgIpc) is 2.92. The number of fused-ring (bicyclic) bond motifs is 1. The van der Waals surface area contributed by atoms with E-state index in [2.05, 4.69) is 4.90 Å². The monoisotopic (exact) mass is 415 g/mol. The topological polar surface area (TPSA) is 49.9 Å². The Morgan fingerprint density at radius 1 is 1.07 bits per heavy atom. The van der Waals surface area contributed by atoms with Gasteiger partial charge in [0.05, 0.1) is 6.61 Å². The Balaban J connectivity index is 0.00000300. The molecule has 1 unspecified atom stereocenters. The lowest BCUT2D eigenvalue weighted by Crippen LogP contribution is -3.00. The summed E-state index contributed by atoms with van der Waals surface area (Å²) in [6.07, 6.45) is 1.13. The molecule has 0 N–H and O–H groups in total. The number of para-hydroxylation sites is 1. The molecular weight excluding hydrogens is 388 g/mol. The fourth-order valence-electron chi connectivity index (χ4n) is 3.89. The summed E-state index contributed by atoms with van der Waals surface area (Å²) in [5.74, 6) is -0.652. The van der Waals surface area contributed by atoms with E-state index in [1.54, 1.807) is 11.8 Å². The standard InChI is InChI=1S/C23H28N2O3.ClH/c1-4-28-22(27)23(17-18-11-6-5-7-12-18)19-13-8-9-14-20(19)25(21(23)26)16-10-15-24(2)3;/h5-9,11-14H,4,10,15-17H2,1-3H3;1H/p-1. The van der Waals surface area contributed by atoms with Gasteiger partial charge in [-0.2, -0.15) is 0 Å². The lowest BCUT2D eigenvalue weighted by Gasteiger charge is -2.27. The molecule has 0 saturated heterocycles. The third-order valence-corrected chi connectivity index (χ3v) is 5.19. The molecule has 1 aliphatic rings. The van der Waals surface area contributed by atoms with E-state index < -0.39 is 11.4 Å². The zero-order valence-electron chi connectivity index (χ0n) is 17.2. The smallest absolute Gasteiger partial charge is 0.326 e. The second kappa shape index (κ2) is 9.90. The normalized spacial score (nSPS) is 17.8. The third-order valence-electron chi connectivity index (χ3n) is 5.19. The minimum absolute atomic E-state index is 0. The Kier molecular flexibility index (Phi) is 7.82. The number of carbonyl (C=O) groups is 2. The number of nitrogens with zero attached hydrogens (tertiary/aromatic N) is 2. The van der Waals surface area contributed by atoms with Crippen molar-refractivity contribution in [3.05, 3.63) is 65.7 Å². The highest BCUT2D eigenvalue weighted by atomic mass is 35.5. The molecule has 2 aromatic carbocycles. The fraction of sp³-hybridized carbons (Fsp3) is 0.391. The van der Waals surface area contributed by atoms with E-state index in [0.717, 1.165) is 29.8 Å². The van der Waals surface area contributed by atoms with Crippen LogP contribution in [-0.4, -0.2) is 50.6 Å². The van der Waals surface area contributed by atoms with Crippen LogP contribution < -0.4 is 17.3 Å². The van der Waals surface area contributed by atoms with Gasteiger partial charge in [-0.3, -0.25) is 9.59 Å². The number of benzene rings is 2. The molecule has 0 radical (unpaired) electrons. The van der Waals surface area contributed by atoms with E-state index in [0.29, 0.717) is 13.0 Å². The SMILES string of the molecule is CCOC(=O)C1(Cc2ccccc2)C(=O)N(CCCN(C)C)c2ccccc21.[Cl-]. The fourth-order valence-corrected chi connectivity index (χ4v) is 3.89. The zero-order chi connectivity index (χ0) is 20.1. The van der Waals surface area contributed by atoms with Gasteiger partial charge in [-0.1, -0.05) is 48.5 Å². The van der Waals surface area contributed by atoms with Gasteiger partial charge < -0.3 is 26.9 Å². The van der Waals surface area contributed by atoms with Gasteiger partial charge in [0.1, 0.15) is 0 Å². The summed E-state index contributed by atoms with van der Waals surface area (Å²) in [6, 6.07) is 17.3. The van der Waals surface area contributed by atoms with Crippen molar-refractivity contribution in [2.45, 2.75) is 25.2 Å². The van der Waals surface area contributed by atoms with Crippen molar-refractivity contribution < 1.29 is 26.7 Å². The number of halogens is 1. The number of carbonyl (C=O) groups excluding carboxylic acids is 2. The van der Waals surface area contributed by atoms with Gasteiger partial charge in [0, 0.05) is 24.2 Å². The quantitative estimate of drug-likeness (QED) is 0.451. The number of hydrogen-bond donors (Lipinski definition) is 0. The van der Waals surface area contributed by atoms with Crippen molar-refractivity contribution in [2.75, 3.05) is 38.7 Å². The zero-order valence-corrected chi connectivity index (χ0v) is 18.0. The Bertz CT molecular complexity index is 841. The van der Waals surface area contributed by atoms with E-state index >= 15 is 0 Å². The number of ether oxygens (including phenoxy) is 1. The largest absolute Gasteiger partial charge is 1.00 e. The highest BCUT2D eigenvalue weighted by molar-refractivity contribution is 6.20. The number of amides is 1. The average molecular weight is 416 g/mol. The first-order chi connectivity index (χ1) is 13.5. The van der Waals surface area contributed by atoms with Crippen LogP contribution in [0.25, 0.3) is 0 Å². The molecule has 1 atom stereocenters. The maximum atomic E-state index is 13.7. The molecule has 0 saturated carbocycles. The van der Waals surface area contributed by atoms with Crippen LogP contribution in [0.4, 0.5) is 5.69 Å². The predicted molar refractivity (Wildman–Crippen MR) is 110 cm³/mol. The second-order valence-corrected chi connectivity index (χ2v) is 7.42. The van der Waals surface area contributed by atoms with Gasteiger partial charge in [-0.15, -0.1) is 0 Å². The van der Waals surface area contributed by atoms with Crippen molar-refractivity contribution in [3.63, 3.8) is 0 Å². The molecule has 2 aromatic rings. The minimum Gasteiger partial charge on any atom is -1.00 e. The number of esters is 1. The molecule has 6 heteroatoms. The lowest BCUT2D eigenvalue weighted by molar-refractivity contribution is -0.153. The summed E-state index contributed by atoms with van der Waals surface area (Å²) in [5, 5.41) is 0. The van der Waals surface area contributed by atoms with Gasteiger partial charge in [-0.05, 0) is 45.6 Å². The summed E-state index contributed by atoms with van der Waals surface area (Å²) in [6.45, 7) is 3.46. The maximum absolute atomic E-state index is 13.7. The number of rotatable bonds is 8. The highest BCUT2D eigenvalue weighted by Gasteiger charge is 2.57. The molecule has 1 heterocycles. The summed E-state index contributed by atoms with van der Waals surface area (Å²) >= 11 is 0. The first kappa shape index (κ1) is 22.9. The van der Waals surface area contributed by atoms with Crippen molar-refractivity contribution in [3.8, 4) is 0 Å². The molecule has 0 aromatic heterocycles. The van der Waals surface area contributed by atoms with Gasteiger partial charge in [0.15, 0.2) is 5.41 Å². The van der Waals surface area contributed by atoms with Crippen LogP contribution in [0.1, 0.15) is 24.5 Å². The molecule has 0 spiro atoms. The first-order valence-electron chi connectivity index (χ1n) is 9.78. The van der Waals surface area contributed by atoms with Crippen LogP contribution in [0.15, 0.2) is 54.6 Å².